The molecule has 3 heteroatoms. The monoisotopic (exact) mass is 378 g/mol. The van der Waals surface area contributed by atoms with Gasteiger partial charge in [-0.1, -0.05) is 36.4 Å². The second kappa shape index (κ2) is 6.41. The summed E-state index contributed by atoms with van der Waals surface area (Å²) in [4.78, 5) is 3.71. The SMILES string of the molecule is Cc1ccccc1[NH+]1C=CN(c2ccccc2)[C@@H]1C.[I-]. The fourth-order valence-electron chi connectivity index (χ4n) is 2.70. The lowest BCUT2D eigenvalue weighted by Crippen LogP contribution is -3.06. The van der Waals surface area contributed by atoms with Crippen LogP contribution < -0.4 is 33.8 Å². The molecule has 1 N–H and O–H groups in total. The van der Waals surface area contributed by atoms with Crippen LogP contribution in [0.5, 0.6) is 0 Å². The third-order valence-electron chi connectivity index (χ3n) is 3.79. The maximum absolute atomic E-state index is 2.32. The highest BCUT2D eigenvalue weighted by molar-refractivity contribution is 5.51. The summed E-state index contributed by atoms with van der Waals surface area (Å²) in [5, 5.41) is 0. The molecule has 0 spiro atoms. The van der Waals surface area contributed by atoms with Crippen molar-refractivity contribution in [3.63, 3.8) is 0 Å². The number of nitrogens with one attached hydrogen (secondary N) is 1. The molecule has 0 saturated carbocycles. The predicted molar refractivity (Wildman–Crippen MR) is 79.3 cm³/mol. The molecule has 0 radical (unpaired) electrons. The Labute approximate surface area is 137 Å². The zero-order valence-corrected chi connectivity index (χ0v) is 13.9. The van der Waals surface area contributed by atoms with Gasteiger partial charge < -0.3 is 24.0 Å². The van der Waals surface area contributed by atoms with Gasteiger partial charge in [0, 0.05) is 18.2 Å². The minimum absolute atomic E-state index is 0. The average Bonchev–Trinajstić information content (AvgIpc) is 2.82. The topological polar surface area (TPSA) is 7.68 Å². The van der Waals surface area contributed by atoms with E-state index in [1.54, 1.807) is 0 Å². The van der Waals surface area contributed by atoms with E-state index in [2.05, 4.69) is 85.7 Å². The predicted octanol–water partition coefficient (Wildman–Crippen LogP) is -0.147. The van der Waals surface area contributed by atoms with Crippen molar-refractivity contribution in [2.75, 3.05) is 4.90 Å². The van der Waals surface area contributed by atoms with Gasteiger partial charge in [0.2, 0.25) is 0 Å². The van der Waals surface area contributed by atoms with Gasteiger partial charge in [0.05, 0.1) is 6.20 Å². The van der Waals surface area contributed by atoms with Crippen molar-refractivity contribution in [1.29, 1.82) is 0 Å². The number of halogens is 1. The molecule has 0 saturated heterocycles. The number of rotatable bonds is 2. The first-order valence-corrected chi connectivity index (χ1v) is 6.72. The lowest BCUT2D eigenvalue weighted by atomic mass is 10.2. The van der Waals surface area contributed by atoms with E-state index in [4.69, 9.17) is 0 Å². The van der Waals surface area contributed by atoms with Crippen LogP contribution in [-0.4, -0.2) is 6.17 Å². The Bertz CT molecular complexity index is 595. The number of aryl methyl sites for hydroxylation is 1. The van der Waals surface area contributed by atoms with E-state index in [1.807, 2.05) is 0 Å². The Hall–Kier alpha value is -1.33. The summed E-state index contributed by atoms with van der Waals surface area (Å²) < 4.78 is 0. The smallest absolute Gasteiger partial charge is 0.173 e. The van der Waals surface area contributed by atoms with Crippen molar-refractivity contribution >= 4 is 11.4 Å². The van der Waals surface area contributed by atoms with Crippen molar-refractivity contribution in [3.8, 4) is 0 Å². The molecule has 0 amide bonds. The molecule has 2 nitrogen and oxygen atoms in total. The number of quaternary nitrogens is 1. The zero-order valence-electron chi connectivity index (χ0n) is 11.8. The highest BCUT2D eigenvalue weighted by atomic mass is 127. The quantitative estimate of drug-likeness (QED) is 0.715. The van der Waals surface area contributed by atoms with E-state index in [9.17, 15) is 0 Å². The van der Waals surface area contributed by atoms with Crippen molar-refractivity contribution in [3.05, 3.63) is 72.6 Å². The number of benzene rings is 2. The maximum Gasteiger partial charge on any atom is 0.173 e. The Morgan fingerprint density at radius 2 is 1.60 bits per heavy atom. The first-order valence-electron chi connectivity index (χ1n) is 6.72. The molecule has 0 aliphatic carbocycles. The van der Waals surface area contributed by atoms with E-state index in [0.717, 1.165) is 0 Å². The summed E-state index contributed by atoms with van der Waals surface area (Å²) in [7, 11) is 0. The normalized spacial score (nSPS) is 20.8. The molecule has 1 aliphatic rings. The van der Waals surface area contributed by atoms with E-state index in [-0.39, 0.29) is 24.0 Å². The van der Waals surface area contributed by atoms with Crippen LogP contribution in [0.2, 0.25) is 0 Å². The lowest BCUT2D eigenvalue weighted by molar-refractivity contribution is -0.795. The fraction of sp³-hybridized carbons (Fsp3) is 0.176. The Morgan fingerprint density at radius 1 is 0.950 bits per heavy atom. The van der Waals surface area contributed by atoms with E-state index in [0.29, 0.717) is 6.17 Å². The molecule has 2 aromatic carbocycles. The molecule has 0 aromatic heterocycles. The Balaban J connectivity index is 0.00000147. The molecular weight excluding hydrogens is 359 g/mol. The van der Waals surface area contributed by atoms with Crippen molar-refractivity contribution in [2.45, 2.75) is 20.0 Å². The van der Waals surface area contributed by atoms with E-state index >= 15 is 0 Å². The zero-order chi connectivity index (χ0) is 13.2. The highest BCUT2D eigenvalue weighted by Gasteiger charge is 2.30. The average molecular weight is 378 g/mol. The van der Waals surface area contributed by atoms with Crippen LogP contribution in [0.4, 0.5) is 11.4 Å². The minimum Gasteiger partial charge on any atom is -1.00 e. The first-order chi connectivity index (χ1) is 9.27. The summed E-state index contributed by atoms with van der Waals surface area (Å²) in [6.07, 6.45) is 4.80. The van der Waals surface area contributed by atoms with Crippen LogP contribution in [0.25, 0.3) is 0 Å². The molecule has 104 valence electrons. The molecule has 2 aromatic rings. The largest absolute Gasteiger partial charge is 1.00 e. The van der Waals surface area contributed by atoms with Crippen LogP contribution in [0, 0.1) is 6.92 Å². The number of hydrogen-bond donors (Lipinski definition) is 1. The van der Waals surface area contributed by atoms with Gasteiger partial charge in [0.25, 0.3) is 0 Å². The molecule has 2 atom stereocenters. The van der Waals surface area contributed by atoms with Gasteiger partial charge >= 0.3 is 0 Å². The molecule has 3 rings (SSSR count). The summed E-state index contributed by atoms with van der Waals surface area (Å²) >= 11 is 0. The molecule has 0 fully saturated rings. The van der Waals surface area contributed by atoms with Gasteiger partial charge in [0.15, 0.2) is 6.17 Å². The maximum atomic E-state index is 2.32. The van der Waals surface area contributed by atoms with Crippen molar-refractivity contribution in [2.24, 2.45) is 0 Å². The highest BCUT2D eigenvalue weighted by Crippen LogP contribution is 2.19. The van der Waals surface area contributed by atoms with Crippen LogP contribution in [0.3, 0.4) is 0 Å². The second-order valence-electron chi connectivity index (χ2n) is 5.00. The standard InChI is InChI=1S/C17H18N2.HI/c1-14-8-6-7-11-17(14)19-13-12-18(15(19)2)16-9-4-3-5-10-16;/h3-13,15H,1-2H3;1H/t15-;/m0./s1. The fourth-order valence-corrected chi connectivity index (χ4v) is 2.70. The van der Waals surface area contributed by atoms with Crippen LogP contribution in [0.1, 0.15) is 12.5 Å². The van der Waals surface area contributed by atoms with Gasteiger partial charge in [-0.05, 0) is 25.1 Å². The molecule has 1 aliphatic heterocycles. The van der Waals surface area contributed by atoms with Gasteiger partial charge in [0.1, 0.15) is 11.9 Å². The van der Waals surface area contributed by atoms with Crippen molar-refractivity contribution in [1.82, 2.24) is 0 Å². The summed E-state index contributed by atoms with van der Waals surface area (Å²) in [5.41, 5.74) is 3.93. The van der Waals surface area contributed by atoms with Crippen LogP contribution >= 0.6 is 0 Å². The molecule has 0 bridgehead atoms. The van der Waals surface area contributed by atoms with Gasteiger partial charge in [-0.2, -0.15) is 0 Å². The number of nitrogens with zero attached hydrogens (tertiary/aromatic N) is 1. The number of para-hydroxylation sites is 2. The summed E-state index contributed by atoms with van der Waals surface area (Å²) in [6, 6.07) is 19.1. The van der Waals surface area contributed by atoms with Crippen molar-refractivity contribution < 1.29 is 28.9 Å². The van der Waals surface area contributed by atoms with Crippen LogP contribution in [0.15, 0.2) is 67.0 Å². The lowest BCUT2D eigenvalue weighted by Gasteiger charge is -2.25. The number of hydrogen-bond acceptors (Lipinski definition) is 1. The number of anilines is 1. The van der Waals surface area contributed by atoms with Gasteiger partial charge in [-0.15, -0.1) is 0 Å². The second-order valence-corrected chi connectivity index (χ2v) is 5.00. The molecular formula is C17H19IN2. The minimum atomic E-state index is 0. The van der Waals surface area contributed by atoms with E-state index < -0.39 is 0 Å². The summed E-state index contributed by atoms with van der Waals surface area (Å²) in [5.74, 6) is 0. The van der Waals surface area contributed by atoms with Crippen LogP contribution in [-0.2, 0) is 0 Å². The molecule has 1 heterocycles. The summed E-state index contributed by atoms with van der Waals surface area (Å²) in [6.45, 7) is 4.43. The molecule has 20 heavy (non-hydrogen) atoms. The van der Waals surface area contributed by atoms with Gasteiger partial charge in [-0.25, -0.2) is 0 Å². The molecule has 1 unspecified atom stereocenters. The first kappa shape index (κ1) is 15.1. The Kier molecular flexibility index (Phi) is 4.83. The van der Waals surface area contributed by atoms with E-state index in [1.165, 1.54) is 21.8 Å². The van der Waals surface area contributed by atoms with Gasteiger partial charge in [-0.3, -0.25) is 9.80 Å². The Morgan fingerprint density at radius 3 is 2.30 bits per heavy atom. The third-order valence-corrected chi connectivity index (χ3v) is 3.79. The third kappa shape index (κ3) is 2.74.